The fourth-order valence-corrected chi connectivity index (χ4v) is 3.88. The van der Waals surface area contributed by atoms with Crippen molar-refractivity contribution in [3.8, 4) is 5.75 Å². The maximum Gasteiger partial charge on any atom is 0.331 e. The lowest BCUT2D eigenvalue weighted by molar-refractivity contribution is -0.121. The van der Waals surface area contributed by atoms with Gasteiger partial charge in [0.2, 0.25) is 11.8 Å². The third kappa shape index (κ3) is 7.07. The van der Waals surface area contributed by atoms with Gasteiger partial charge in [-0.1, -0.05) is 26.0 Å². The van der Waals surface area contributed by atoms with Gasteiger partial charge >= 0.3 is 5.69 Å². The molecule has 0 aliphatic rings. The monoisotopic (exact) mass is 494 g/mol. The van der Waals surface area contributed by atoms with Crippen LogP contribution in [0.2, 0.25) is 0 Å². The first-order valence-electron chi connectivity index (χ1n) is 12.2. The van der Waals surface area contributed by atoms with Crippen LogP contribution in [0.3, 0.4) is 0 Å². The first-order valence-corrected chi connectivity index (χ1v) is 12.2. The summed E-state index contributed by atoms with van der Waals surface area (Å²) in [5, 5.41) is 6.02. The van der Waals surface area contributed by atoms with Crippen LogP contribution in [-0.4, -0.2) is 34.6 Å². The summed E-state index contributed by atoms with van der Waals surface area (Å²) in [7, 11) is 1.56. The molecule has 0 spiro atoms. The molecule has 0 saturated carbocycles. The van der Waals surface area contributed by atoms with Gasteiger partial charge in [-0.25, -0.2) is 4.79 Å². The highest BCUT2D eigenvalue weighted by atomic mass is 16.5. The van der Waals surface area contributed by atoms with Gasteiger partial charge < -0.3 is 15.4 Å². The van der Waals surface area contributed by atoms with Crippen molar-refractivity contribution in [2.75, 3.05) is 19.0 Å². The van der Waals surface area contributed by atoms with E-state index in [1.807, 2.05) is 0 Å². The van der Waals surface area contributed by atoms with E-state index in [0.717, 1.165) is 11.0 Å². The van der Waals surface area contributed by atoms with Crippen LogP contribution in [-0.2, 0) is 22.7 Å². The molecule has 3 rings (SSSR count). The van der Waals surface area contributed by atoms with Crippen molar-refractivity contribution in [2.24, 2.45) is 5.92 Å². The Balaban J connectivity index is 1.72. The van der Waals surface area contributed by atoms with Crippen LogP contribution in [0.4, 0.5) is 5.69 Å². The van der Waals surface area contributed by atoms with E-state index in [1.165, 1.54) is 4.57 Å². The number of fused-ring (bicyclic) bond motifs is 1. The Hall–Kier alpha value is -3.88. The summed E-state index contributed by atoms with van der Waals surface area (Å²) in [4.78, 5) is 51.1. The molecule has 0 aliphatic carbocycles. The number of rotatable bonds is 12. The number of nitrogens with zero attached hydrogens (tertiary/aromatic N) is 2. The van der Waals surface area contributed by atoms with Crippen molar-refractivity contribution in [1.82, 2.24) is 14.5 Å². The number of carbonyl (C=O) groups is 2. The molecule has 0 radical (unpaired) electrons. The Morgan fingerprint density at radius 2 is 1.67 bits per heavy atom. The van der Waals surface area contributed by atoms with Gasteiger partial charge in [0.15, 0.2) is 0 Å². The van der Waals surface area contributed by atoms with Gasteiger partial charge in [-0.05, 0) is 61.6 Å². The molecule has 192 valence electrons. The lowest BCUT2D eigenvalue weighted by atomic mass is 10.1. The number of carbonyl (C=O) groups excluding carboxylic acids is 2. The van der Waals surface area contributed by atoms with Crippen LogP contribution < -0.4 is 26.6 Å². The third-order valence-electron chi connectivity index (χ3n) is 5.89. The van der Waals surface area contributed by atoms with Gasteiger partial charge in [-0.3, -0.25) is 23.5 Å². The molecule has 0 bridgehead atoms. The molecule has 2 amide bonds. The van der Waals surface area contributed by atoms with E-state index in [-0.39, 0.29) is 19.0 Å². The summed E-state index contributed by atoms with van der Waals surface area (Å²) in [6, 6.07) is 13.6. The molecular weight excluding hydrogens is 460 g/mol. The normalized spacial score (nSPS) is 11.0. The number of nitrogens with one attached hydrogen (secondary N) is 2. The lowest BCUT2D eigenvalue weighted by Gasteiger charge is -2.14. The van der Waals surface area contributed by atoms with Crippen LogP contribution in [0.1, 0.15) is 39.5 Å². The predicted molar refractivity (Wildman–Crippen MR) is 140 cm³/mol. The van der Waals surface area contributed by atoms with Gasteiger partial charge in [-0.15, -0.1) is 0 Å². The smallest absolute Gasteiger partial charge is 0.331 e. The summed E-state index contributed by atoms with van der Waals surface area (Å²) in [5.41, 5.74) is 0.0186. The van der Waals surface area contributed by atoms with Gasteiger partial charge in [-0.2, -0.15) is 0 Å². The molecule has 9 heteroatoms. The van der Waals surface area contributed by atoms with Crippen LogP contribution in [0.15, 0.2) is 58.1 Å². The van der Waals surface area contributed by atoms with Gasteiger partial charge in [0, 0.05) is 25.2 Å². The highest BCUT2D eigenvalue weighted by Gasteiger charge is 2.15. The number of unbranched alkanes of at least 4 members (excludes halogenated alkanes) is 1. The summed E-state index contributed by atoms with van der Waals surface area (Å²) in [6.07, 6.45) is 2.29. The number of ether oxygens (including phenoxy) is 1. The Labute approximate surface area is 210 Å². The van der Waals surface area contributed by atoms with Crippen LogP contribution in [0.25, 0.3) is 10.9 Å². The van der Waals surface area contributed by atoms with Gasteiger partial charge in [0.25, 0.3) is 5.56 Å². The fraction of sp³-hybridized carbons (Fsp3) is 0.407. The average Bonchev–Trinajstić information content (AvgIpc) is 2.86. The highest BCUT2D eigenvalue weighted by Crippen LogP contribution is 2.15. The van der Waals surface area contributed by atoms with Crippen LogP contribution in [0.5, 0.6) is 5.75 Å². The molecular formula is C27H34N4O5. The minimum atomic E-state index is -0.551. The second kappa shape index (κ2) is 12.7. The molecule has 0 fully saturated rings. The van der Waals surface area contributed by atoms with E-state index in [4.69, 9.17) is 4.74 Å². The Kier molecular flexibility index (Phi) is 9.44. The Morgan fingerprint density at radius 3 is 2.36 bits per heavy atom. The second-order valence-corrected chi connectivity index (χ2v) is 9.11. The quantitative estimate of drug-likeness (QED) is 0.376. The number of hydrogen-bond donors (Lipinski definition) is 2. The van der Waals surface area contributed by atoms with E-state index < -0.39 is 17.2 Å². The number of para-hydroxylation sites is 1. The summed E-state index contributed by atoms with van der Waals surface area (Å²) >= 11 is 0. The van der Waals surface area contributed by atoms with Crippen molar-refractivity contribution >= 4 is 28.4 Å². The molecule has 0 unspecified atom stereocenters. The van der Waals surface area contributed by atoms with Crippen molar-refractivity contribution in [2.45, 2.75) is 52.6 Å². The second-order valence-electron chi connectivity index (χ2n) is 9.11. The summed E-state index contributed by atoms with van der Waals surface area (Å²) in [6.45, 7) is 4.77. The van der Waals surface area contributed by atoms with Crippen molar-refractivity contribution < 1.29 is 14.3 Å². The summed E-state index contributed by atoms with van der Waals surface area (Å²) in [5.74, 6) is 0.755. The lowest BCUT2D eigenvalue weighted by Crippen LogP contribution is -2.41. The van der Waals surface area contributed by atoms with Gasteiger partial charge in [0.1, 0.15) is 12.3 Å². The number of benzene rings is 2. The van der Waals surface area contributed by atoms with E-state index in [0.29, 0.717) is 54.1 Å². The number of amides is 2. The zero-order valence-electron chi connectivity index (χ0n) is 21.1. The van der Waals surface area contributed by atoms with Crippen molar-refractivity contribution in [1.29, 1.82) is 0 Å². The number of hydrogen-bond acceptors (Lipinski definition) is 5. The largest absolute Gasteiger partial charge is 0.497 e. The molecule has 3 aromatic rings. The van der Waals surface area contributed by atoms with Crippen molar-refractivity contribution in [3.05, 3.63) is 69.4 Å². The Morgan fingerprint density at radius 1 is 0.944 bits per heavy atom. The maximum atomic E-state index is 13.3. The fourth-order valence-electron chi connectivity index (χ4n) is 3.88. The number of methoxy groups -OCH3 is 1. The van der Waals surface area contributed by atoms with Gasteiger partial charge in [0.05, 0.1) is 18.0 Å². The van der Waals surface area contributed by atoms with Crippen LogP contribution in [0, 0.1) is 5.92 Å². The minimum Gasteiger partial charge on any atom is -0.497 e. The zero-order chi connectivity index (χ0) is 26.1. The molecule has 1 heterocycles. The molecule has 0 atom stereocenters. The van der Waals surface area contributed by atoms with E-state index in [9.17, 15) is 19.2 Å². The SMILES string of the molecule is COc1ccc(NC(=O)Cn2c(=O)n(CCCCC(=O)NCCC(C)C)c(=O)c3ccccc32)cc1. The van der Waals surface area contributed by atoms with E-state index >= 15 is 0 Å². The topological polar surface area (TPSA) is 111 Å². The average molecular weight is 495 g/mol. The van der Waals surface area contributed by atoms with E-state index in [1.54, 1.807) is 55.6 Å². The maximum absolute atomic E-state index is 13.3. The minimum absolute atomic E-state index is 0.0332. The molecule has 1 aromatic heterocycles. The first-order chi connectivity index (χ1) is 17.3. The molecule has 36 heavy (non-hydrogen) atoms. The van der Waals surface area contributed by atoms with Crippen molar-refractivity contribution in [3.63, 3.8) is 0 Å². The van der Waals surface area contributed by atoms with Crippen LogP contribution >= 0.6 is 0 Å². The number of aromatic nitrogens is 2. The summed E-state index contributed by atoms with van der Waals surface area (Å²) < 4.78 is 7.59. The number of anilines is 1. The molecule has 0 saturated heterocycles. The standard InChI is InChI=1S/C27H34N4O5/c1-19(2)15-16-28-24(32)10-6-7-17-30-26(34)22-8-4-5-9-23(22)31(27(30)35)18-25(33)29-20-11-13-21(36-3)14-12-20/h4-5,8-9,11-14,19H,6-7,10,15-18H2,1-3H3,(H,28,32)(H,29,33). The molecule has 9 nitrogen and oxygen atoms in total. The molecule has 2 N–H and O–H groups in total. The first kappa shape index (κ1) is 26.7. The Bertz CT molecular complexity index is 1310. The molecule has 0 aliphatic heterocycles. The predicted octanol–water partition coefficient (Wildman–Crippen LogP) is 3.14. The third-order valence-corrected chi connectivity index (χ3v) is 5.89. The highest BCUT2D eigenvalue weighted by molar-refractivity contribution is 5.91. The molecule has 2 aromatic carbocycles. The van der Waals surface area contributed by atoms with E-state index in [2.05, 4.69) is 24.5 Å². The zero-order valence-corrected chi connectivity index (χ0v) is 21.1.